The molecule has 4 nitrogen and oxygen atoms in total. The van der Waals surface area contributed by atoms with Gasteiger partial charge in [0.15, 0.2) is 0 Å². The Labute approximate surface area is 86.5 Å². The van der Waals surface area contributed by atoms with Gasteiger partial charge in [-0.25, -0.2) is 0 Å². The molecule has 0 spiro atoms. The zero-order valence-corrected chi connectivity index (χ0v) is 9.30. The first-order chi connectivity index (χ1) is 6.14. The molecule has 0 rings (SSSR count). The fourth-order valence-corrected chi connectivity index (χ4v) is 1.25. The monoisotopic (exact) mass is 253 g/mol. The molecule has 0 unspecified atom stereocenters. The molecule has 0 heterocycles. The normalized spacial score (nSPS) is 11.4. The van der Waals surface area contributed by atoms with Gasteiger partial charge in [-0.15, -0.1) is 0 Å². The smallest absolute Gasteiger partial charge is 0.221 e. The molecular formula is C8H16BrNO3. The molecule has 0 aromatic carbocycles. The van der Waals surface area contributed by atoms with Crippen molar-refractivity contribution in [3.05, 3.63) is 0 Å². The molecule has 78 valence electrons. The Morgan fingerprint density at radius 2 is 2.00 bits per heavy atom. The minimum absolute atomic E-state index is 0.165. The number of carbonyl (C=O) groups is 1. The van der Waals surface area contributed by atoms with Crippen LogP contribution in [0.3, 0.4) is 0 Å². The molecule has 0 aliphatic carbocycles. The van der Waals surface area contributed by atoms with Gasteiger partial charge in [-0.1, -0.05) is 22.9 Å². The second-order valence-corrected chi connectivity index (χ2v) is 3.73. The molecule has 0 bridgehead atoms. The summed E-state index contributed by atoms with van der Waals surface area (Å²) < 4.78 is 0. The Hall–Kier alpha value is -0.130. The molecule has 3 N–H and O–H groups in total. The lowest BCUT2D eigenvalue weighted by atomic mass is 9.98. The first-order valence-corrected chi connectivity index (χ1v) is 5.35. The van der Waals surface area contributed by atoms with E-state index in [1.54, 1.807) is 6.92 Å². The number of hydrogen-bond donors (Lipinski definition) is 3. The molecule has 0 saturated carbocycles. The van der Waals surface area contributed by atoms with Crippen LogP contribution in [0.2, 0.25) is 0 Å². The van der Waals surface area contributed by atoms with Crippen molar-refractivity contribution in [2.75, 3.05) is 18.5 Å². The number of carbonyl (C=O) groups excluding carboxylic acids is 1. The van der Waals surface area contributed by atoms with Gasteiger partial charge in [0.2, 0.25) is 5.91 Å². The SMILES string of the molecule is CCC(CO)(CO)NC(=O)CCBr. The molecule has 0 aromatic rings. The van der Waals surface area contributed by atoms with Crippen LogP contribution in [0.5, 0.6) is 0 Å². The Kier molecular flexibility index (Phi) is 6.28. The summed E-state index contributed by atoms with van der Waals surface area (Å²) in [5.74, 6) is -0.165. The van der Waals surface area contributed by atoms with E-state index in [2.05, 4.69) is 21.2 Å². The zero-order chi connectivity index (χ0) is 10.3. The number of halogens is 1. The third kappa shape index (κ3) is 4.06. The fourth-order valence-electron chi connectivity index (χ4n) is 0.885. The predicted octanol–water partition coefficient (Wildman–Crippen LogP) is 0.0210. The topological polar surface area (TPSA) is 69.6 Å². The van der Waals surface area contributed by atoms with E-state index in [0.717, 1.165) is 0 Å². The van der Waals surface area contributed by atoms with Crippen LogP contribution < -0.4 is 5.32 Å². The summed E-state index contributed by atoms with van der Waals surface area (Å²) in [6.45, 7) is 1.32. The fraction of sp³-hybridized carbons (Fsp3) is 0.875. The van der Waals surface area contributed by atoms with Crippen LogP contribution in [-0.2, 0) is 4.79 Å². The van der Waals surface area contributed by atoms with Crippen LogP contribution in [-0.4, -0.2) is 40.2 Å². The van der Waals surface area contributed by atoms with Gasteiger partial charge in [-0.3, -0.25) is 4.79 Å². The second-order valence-electron chi connectivity index (χ2n) is 2.94. The maximum absolute atomic E-state index is 11.2. The van der Waals surface area contributed by atoms with Crippen molar-refractivity contribution in [3.63, 3.8) is 0 Å². The van der Waals surface area contributed by atoms with Crippen molar-refractivity contribution in [2.24, 2.45) is 0 Å². The van der Waals surface area contributed by atoms with Crippen molar-refractivity contribution in [1.82, 2.24) is 5.32 Å². The third-order valence-electron chi connectivity index (χ3n) is 2.01. The third-order valence-corrected chi connectivity index (χ3v) is 2.40. The maximum atomic E-state index is 11.2. The van der Waals surface area contributed by atoms with Gasteiger partial charge < -0.3 is 15.5 Å². The Morgan fingerprint density at radius 3 is 2.31 bits per heavy atom. The molecule has 0 radical (unpaired) electrons. The number of nitrogens with one attached hydrogen (secondary N) is 1. The summed E-state index contributed by atoms with van der Waals surface area (Å²) in [4.78, 5) is 11.2. The highest BCUT2D eigenvalue weighted by Gasteiger charge is 2.27. The Bertz CT molecular complexity index is 151. The Morgan fingerprint density at radius 1 is 1.46 bits per heavy atom. The highest BCUT2D eigenvalue weighted by Crippen LogP contribution is 2.08. The number of aliphatic hydroxyl groups is 2. The summed E-state index contributed by atoms with van der Waals surface area (Å²) in [7, 11) is 0. The van der Waals surface area contributed by atoms with E-state index in [9.17, 15) is 4.79 Å². The highest BCUT2D eigenvalue weighted by atomic mass is 79.9. The van der Waals surface area contributed by atoms with E-state index in [1.807, 2.05) is 0 Å². The molecule has 0 atom stereocenters. The summed E-state index contributed by atoms with van der Waals surface area (Å²) in [6, 6.07) is 0. The minimum atomic E-state index is -0.862. The van der Waals surface area contributed by atoms with Crippen LogP contribution in [0, 0.1) is 0 Å². The van der Waals surface area contributed by atoms with Gasteiger partial charge in [0.1, 0.15) is 0 Å². The molecule has 0 saturated heterocycles. The summed E-state index contributed by atoms with van der Waals surface area (Å²) in [5, 5.41) is 21.2. The molecule has 0 aliphatic rings. The van der Waals surface area contributed by atoms with Crippen molar-refractivity contribution < 1.29 is 15.0 Å². The molecular weight excluding hydrogens is 238 g/mol. The van der Waals surface area contributed by atoms with E-state index < -0.39 is 5.54 Å². The summed E-state index contributed by atoms with van der Waals surface area (Å²) in [5.41, 5.74) is -0.862. The summed E-state index contributed by atoms with van der Waals surface area (Å²) >= 11 is 3.14. The van der Waals surface area contributed by atoms with E-state index in [-0.39, 0.29) is 19.1 Å². The minimum Gasteiger partial charge on any atom is -0.394 e. The van der Waals surface area contributed by atoms with Crippen LogP contribution in [0.15, 0.2) is 0 Å². The highest BCUT2D eigenvalue weighted by molar-refractivity contribution is 9.09. The standard InChI is InChI=1S/C8H16BrNO3/c1-2-8(5-11,6-12)10-7(13)3-4-9/h11-12H,2-6H2,1H3,(H,10,13). The van der Waals surface area contributed by atoms with Crippen molar-refractivity contribution in [2.45, 2.75) is 25.3 Å². The lowest BCUT2D eigenvalue weighted by Gasteiger charge is -2.29. The molecule has 13 heavy (non-hydrogen) atoms. The van der Waals surface area contributed by atoms with Crippen LogP contribution in [0.1, 0.15) is 19.8 Å². The number of rotatable bonds is 6. The molecule has 0 aliphatic heterocycles. The van der Waals surface area contributed by atoms with Gasteiger partial charge >= 0.3 is 0 Å². The van der Waals surface area contributed by atoms with E-state index in [4.69, 9.17) is 10.2 Å². The Balaban J connectivity index is 4.16. The van der Waals surface area contributed by atoms with Gasteiger partial charge in [0.05, 0.1) is 18.8 Å². The van der Waals surface area contributed by atoms with Gasteiger partial charge in [-0.05, 0) is 6.42 Å². The van der Waals surface area contributed by atoms with E-state index in [1.165, 1.54) is 0 Å². The van der Waals surface area contributed by atoms with Crippen LogP contribution >= 0.6 is 15.9 Å². The number of hydrogen-bond acceptors (Lipinski definition) is 3. The van der Waals surface area contributed by atoms with Crippen molar-refractivity contribution in [3.8, 4) is 0 Å². The lowest BCUT2D eigenvalue weighted by molar-refractivity contribution is -0.124. The number of alkyl halides is 1. The van der Waals surface area contributed by atoms with Gasteiger partial charge in [-0.2, -0.15) is 0 Å². The maximum Gasteiger partial charge on any atom is 0.221 e. The average molecular weight is 254 g/mol. The van der Waals surface area contributed by atoms with Crippen LogP contribution in [0.4, 0.5) is 0 Å². The van der Waals surface area contributed by atoms with Crippen molar-refractivity contribution in [1.29, 1.82) is 0 Å². The molecule has 1 amide bonds. The first kappa shape index (κ1) is 12.9. The number of aliphatic hydroxyl groups excluding tert-OH is 2. The van der Waals surface area contributed by atoms with E-state index >= 15 is 0 Å². The van der Waals surface area contributed by atoms with Gasteiger partial charge in [0, 0.05) is 11.8 Å². The van der Waals surface area contributed by atoms with Crippen molar-refractivity contribution >= 4 is 21.8 Å². The molecule has 0 aromatic heterocycles. The number of amides is 1. The summed E-state index contributed by atoms with van der Waals surface area (Å²) in [6.07, 6.45) is 0.857. The molecule has 0 fully saturated rings. The predicted molar refractivity (Wildman–Crippen MR) is 53.7 cm³/mol. The lowest BCUT2D eigenvalue weighted by Crippen LogP contribution is -2.53. The average Bonchev–Trinajstić information content (AvgIpc) is 2.15. The first-order valence-electron chi connectivity index (χ1n) is 4.23. The zero-order valence-electron chi connectivity index (χ0n) is 7.72. The second kappa shape index (κ2) is 6.34. The largest absolute Gasteiger partial charge is 0.394 e. The van der Waals surface area contributed by atoms with E-state index in [0.29, 0.717) is 18.2 Å². The van der Waals surface area contributed by atoms with Crippen LogP contribution in [0.25, 0.3) is 0 Å². The molecule has 5 heteroatoms. The quantitative estimate of drug-likeness (QED) is 0.585. The van der Waals surface area contributed by atoms with Gasteiger partial charge in [0.25, 0.3) is 0 Å².